The molecule has 1 heterocycles. The molecule has 2 aliphatic rings. The smallest absolute Gasteiger partial charge is 0.310 e. The van der Waals surface area contributed by atoms with Gasteiger partial charge in [-0.25, -0.2) is 0 Å². The quantitative estimate of drug-likeness (QED) is 0.792. The van der Waals surface area contributed by atoms with Crippen LogP contribution >= 0.6 is 0 Å². The fourth-order valence-corrected chi connectivity index (χ4v) is 4.04. The van der Waals surface area contributed by atoms with E-state index < -0.39 is 0 Å². The maximum absolute atomic E-state index is 12.5. The molecule has 26 heavy (non-hydrogen) atoms. The molecule has 1 amide bonds. The van der Waals surface area contributed by atoms with Gasteiger partial charge in [0.2, 0.25) is 5.91 Å². The van der Waals surface area contributed by atoms with Crippen molar-refractivity contribution in [2.45, 2.75) is 59.1 Å². The van der Waals surface area contributed by atoms with Crippen molar-refractivity contribution >= 4 is 11.9 Å². The zero-order chi connectivity index (χ0) is 18.7. The second-order valence-corrected chi connectivity index (χ2v) is 8.29. The van der Waals surface area contributed by atoms with Gasteiger partial charge in [-0.1, -0.05) is 33.3 Å². The number of carbonyl (C=O) groups is 2. The van der Waals surface area contributed by atoms with Crippen molar-refractivity contribution < 1.29 is 14.3 Å². The predicted octanol–water partition coefficient (Wildman–Crippen LogP) is 3.34. The van der Waals surface area contributed by atoms with Gasteiger partial charge in [0.25, 0.3) is 0 Å². The Kier molecular flexibility index (Phi) is 5.94. The minimum absolute atomic E-state index is 0.00378. The van der Waals surface area contributed by atoms with Gasteiger partial charge in [0.05, 0.1) is 24.1 Å². The third kappa shape index (κ3) is 4.63. The highest BCUT2D eigenvalue weighted by atomic mass is 16.5. The highest BCUT2D eigenvalue weighted by Crippen LogP contribution is 2.42. The number of hydrogen-bond acceptors (Lipinski definition) is 4. The number of esters is 1. The van der Waals surface area contributed by atoms with Crippen molar-refractivity contribution in [3.8, 4) is 0 Å². The molecular formula is C21H30N2O3. The first-order valence-corrected chi connectivity index (χ1v) is 9.83. The molecule has 0 unspecified atom stereocenters. The third-order valence-electron chi connectivity index (χ3n) is 5.83. The van der Waals surface area contributed by atoms with E-state index in [2.05, 4.69) is 31.1 Å². The van der Waals surface area contributed by atoms with Gasteiger partial charge < -0.3 is 10.1 Å². The predicted molar refractivity (Wildman–Crippen MR) is 98.9 cm³/mol. The number of carbonyl (C=O) groups excluding carboxylic acids is 2. The first-order valence-electron chi connectivity index (χ1n) is 9.83. The average molecular weight is 358 g/mol. The summed E-state index contributed by atoms with van der Waals surface area (Å²) < 4.78 is 5.87. The summed E-state index contributed by atoms with van der Waals surface area (Å²) in [7, 11) is 0. The van der Waals surface area contributed by atoms with Crippen LogP contribution in [-0.2, 0) is 20.9 Å². The van der Waals surface area contributed by atoms with Crippen molar-refractivity contribution in [3.63, 3.8) is 0 Å². The van der Waals surface area contributed by atoms with Gasteiger partial charge in [0.1, 0.15) is 6.10 Å². The molecule has 0 aromatic carbocycles. The molecule has 0 spiro atoms. The number of ether oxygens (including phenoxy) is 1. The molecule has 5 atom stereocenters. The van der Waals surface area contributed by atoms with Crippen molar-refractivity contribution in [3.05, 3.63) is 30.1 Å². The molecular weight excluding hydrogens is 328 g/mol. The zero-order valence-electron chi connectivity index (χ0n) is 16.0. The molecule has 1 aromatic heterocycles. The molecule has 5 nitrogen and oxygen atoms in total. The Morgan fingerprint density at radius 3 is 2.73 bits per heavy atom. The highest BCUT2D eigenvalue weighted by Gasteiger charge is 2.50. The molecule has 0 bridgehead atoms. The minimum atomic E-state index is -0.274. The molecule has 2 saturated carbocycles. The average Bonchev–Trinajstić information content (AvgIpc) is 3.41. The van der Waals surface area contributed by atoms with Crippen molar-refractivity contribution in [2.75, 3.05) is 0 Å². The van der Waals surface area contributed by atoms with E-state index in [1.165, 1.54) is 6.42 Å². The van der Waals surface area contributed by atoms with Gasteiger partial charge in [-0.05, 0) is 49.1 Å². The lowest BCUT2D eigenvalue weighted by Crippen LogP contribution is -2.36. The lowest BCUT2D eigenvalue weighted by molar-refractivity contribution is -0.158. The van der Waals surface area contributed by atoms with E-state index in [4.69, 9.17) is 4.74 Å². The first-order chi connectivity index (χ1) is 12.5. The molecule has 1 N–H and O–H groups in total. The third-order valence-corrected chi connectivity index (χ3v) is 5.83. The number of rotatable bonds is 6. The van der Waals surface area contributed by atoms with Crippen LogP contribution < -0.4 is 5.32 Å². The lowest BCUT2D eigenvalue weighted by atomic mass is 9.75. The molecule has 0 saturated heterocycles. The Hall–Kier alpha value is -1.91. The van der Waals surface area contributed by atoms with Gasteiger partial charge in [-0.2, -0.15) is 0 Å². The van der Waals surface area contributed by atoms with Crippen molar-refractivity contribution in [1.29, 1.82) is 0 Å². The summed E-state index contributed by atoms with van der Waals surface area (Å²) in [5.74, 6) is 0.762. The van der Waals surface area contributed by atoms with Gasteiger partial charge in [-0.15, -0.1) is 0 Å². The maximum Gasteiger partial charge on any atom is 0.310 e. The Bertz CT molecular complexity index is 631. The van der Waals surface area contributed by atoms with Crippen LogP contribution in [0.2, 0.25) is 0 Å². The molecule has 1 aromatic rings. The number of aromatic nitrogens is 1. The number of hydrogen-bond donors (Lipinski definition) is 1. The minimum Gasteiger partial charge on any atom is -0.462 e. The Morgan fingerprint density at radius 1 is 1.23 bits per heavy atom. The summed E-state index contributed by atoms with van der Waals surface area (Å²) in [6, 6.07) is 5.60. The van der Waals surface area contributed by atoms with Crippen LogP contribution in [0.4, 0.5) is 0 Å². The summed E-state index contributed by atoms with van der Waals surface area (Å²) in [5, 5.41) is 2.87. The van der Waals surface area contributed by atoms with E-state index in [1.54, 1.807) is 6.20 Å². The maximum atomic E-state index is 12.5. The van der Waals surface area contributed by atoms with E-state index in [-0.39, 0.29) is 29.8 Å². The normalized spacial score (nSPS) is 30.7. The molecule has 2 aliphatic carbocycles. The Morgan fingerprint density at radius 2 is 2.04 bits per heavy atom. The first kappa shape index (κ1) is 18.9. The molecule has 0 radical (unpaired) electrons. The number of pyridine rings is 1. The monoisotopic (exact) mass is 358 g/mol. The van der Waals surface area contributed by atoms with Gasteiger partial charge >= 0.3 is 5.97 Å². The fourth-order valence-electron chi connectivity index (χ4n) is 4.04. The second kappa shape index (κ2) is 8.19. The van der Waals surface area contributed by atoms with Crippen molar-refractivity contribution in [1.82, 2.24) is 10.3 Å². The van der Waals surface area contributed by atoms with Crippen LogP contribution in [0.1, 0.15) is 52.1 Å². The van der Waals surface area contributed by atoms with Crippen LogP contribution in [0.5, 0.6) is 0 Å². The Labute approximate surface area is 155 Å². The molecule has 5 heteroatoms. The van der Waals surface area contributed by atoms with E-state index in [1.807, 2.05) is 18.2 Å². The highest BCUT2D eigenvalue weighted by molar-refractivity contribution is 5.90. The van der Waals surface area contributed by atoms with E-state index in [0.717, 1.165) is 18.5 Å². The van der Waals surface area contributed by atoms with Crippen LogP contribution in [-0.4, -0.2) is 23.0 Å². The topological polar surface area (TPSA) is 68.3 Å². The van der Waals surface area contributed by atoms with E-state index in [9.17, 15) is 9.59 Å². The van der Waals surface area contributed by atoms with E-state index >= 15 is 0 Å². The van der Waals surface area contributed by atoms with Gasteiger partial charge in [0.15, 0.2) is 0 Å². The fraction of sp³-hybridized carbons (Fsp3) is 0.667. The number of amides is 1. The standard InChI is InChI=1S/C21H30N2O3/c1-13(2)16-8-7-14(3)10-19(16)26-21(25)18-11-17(18)20(24)23-12-15-6-4-5-9-22-15/h4-6,9,13-14,16-19H,7-8,10-12H2,1-3H3,(H,23,24)/t14-,16+,17+,18+,19-/m1/s1. The van der Waals surface area contributed by atoms with Crippen LogP contribution in [0, 0.1) is 29.6 Å². The second-order valence-electron chi connectivity index (χ2n) is 8.29. The molecule has 142 valence electrons. The van der Waals surface area contributed by atoms with E-state index in [0.29, 0.717) is 30.7 Å². The zero-order valence-corrected chi connectivity index (χ0v) is 16.0. The van der Waals surface area contributed by atoms with Gasteiger partial charge in [-0.3, -0.25) is 14.6 Å². The summed E-state index contributed by atoms with van der Waals surface area (Å²) in [6.45, 7) is 7.02. The lowest BCUT2D eigenvalue weighted by Gasteiger charge is -2.36. The number of nitrogens with one attached hydrogen (secondary N) is 1. The SMILES string of the molecule is CC(C)[C@@H]1CC[C@@H](C)C[C@H]1OC(=O)[C@H]1C[C@@H]1C(=O)NCc1ccccn1. The molecule has 0 aliphatic heterocycles. The van der Waals surface area contributed by atoms with Gasteiger partial charge in [0, 0.05) is 6.20 Å². The summed E-state index contributed by atoms with van der Waals surface area (Å²) in [4.78, 5) is 29.0. The Balaban J connectivity index is 1.48. The summed E-state index contributed by atoms with van der Waals surface area (Å²) in [6.07, 6.45) is 5.58. The van der Waals surface area contributed by atoms with Crippen molar-refractivity contribution in [2.24, 2.45) is 29.6 Å². The van der Waals surface area contributed by atoms with Crippen LogP contribution in [0.3, 0.4) is 0 Å². The van der Waals surface area contributed by atoms with Crippen LogP contribution in [0.15, 0.2) is 24.4 Å². The molecule has 2 fully saturated rings. The molecule has 3 rings (SSSR count). The number of nitrogens with zero attached hydrogens (tertiary/aromatic N) is 1. The largest absolute Gasteiger partial charge is 0.462 e. The summed E-state index contributed by atoms with van der Waals surface area (Å²) in [5.41, 5.74) is 0.816. The van der Waals surface area contributed by atoms with Crippen LogP contribution in [0.25, 0.3) is 0 Å². The summed E-state index contributed by atoms with van der Waals surface area (Å²) >= 11 is 0.